The predicted octanol–water partition coefficient (Wildman–Crippen LogP) is 3.25. The number of nitrogens with two attached hydrogens (primary N) is 1. The molecule has 0 aliphatic carbocycles. The van der Waals surface area contributed by atoms with Crippen LogP contribution in [0.2, 0.25) is 0 Å². The molecule has 0 unspecified atom stereocenters. The van der Waals surface area contributed by atoms with E-state index in [1.54, 1.807) is 12.1 Å². The fraction of sp³-hybridized carbons (Fsp3) is 0.409. The van der Waals surface area contributed by atoms with Crippen molar-refractivity contribution < 1.29 is 13.2 Å². The molecule has 0 spiro atoms. The van der Waals surface area contributed by atoms with E-state index in [1.807, 2.05) is 6.07 Å². The van der Waals surface area contributed by atoms with Crippen molar-refractivity contribution in [2.75, 3.05) is 36.3 Å². The first-order chi connectivity index (χ1) is 15.0. The Bertz CT molecular complexity index is 1150. The van der Waals surface area contributed by atoms with Gasteiger partial charge in [-0.2, -0.15) is 12.7 Å². The Hall–Kier alpha value is -2.78. The van der Waals surface area contributed by atoms with Gasteiger partial charge in [-0.25, -0.2) is 4.98 Å². The smallest absolute Gasteiger partial charge is 0.304 e. The second kappa shape index (κ2) is 9.15. The van der Waals surface area contributed by atoms with Gasteiger partial charge in [0, 0.05) is 55.5 Å². The number of anilines is 2. The highest BCUT2D eigenvalue weighted by atomic mass is 32.2. The Kier molecular flexibility index (Phi) is 6.33. The second-order valence-electron chi connectivity index (χ2n) is 7.65. The summed E-state index contributed by atoms with van der Waals surface area (Å²) < 4.78 is 36.6. The molecule has 1 aromatic carbocycles. The van der Waals surface area contributed by atoms with Crippen LogP contribution < -0.4 is 14.8 Å². The average Bonchev–Trinajstić information content (AvgIpc) is 3.30. The van der Waals surface area contributed by atoms with Crippen molar-refractivity contribution in [1.29, 1.82) is 0 Å². The fourth-order valence-electron chi connectivity index (χ4n) is 3.95. The first-order valence-corrected chi connectivity index (χ1v) is 12.1. The van der Waals surface area contributed by atoms with E-state index >= 15 is 0 Å². The largest absolute Gasteiger partial charge is 0.494 e. The molecule has 2 N–H and O–H groups in total. The molecule has 0 bridgehead atoms. The number of unbranched alkanes of at least 4 members (excludes halogenated alkanes) is 2. The molecule has 8 nitrogen and oxygen atoms in total. The van der Waals surface area contributed by atoms with E-state index in [-0.39, 0.29) is 0 Å². The summed E-state index contributed by atoms with van der Waals surface area (Å²) >= 11 is 0. The first-order valence-electron chi connectivity index (χ1n) is 10.7. The van der Waals surface area contributed by atoms with Gasteiger partial charge in [0.1, 0.15) is 11.6 Å². The highest BCUT2D eigenvalue weighted by molar-refractivity contribution is 7.90. The second-order valence-corrected chi connectivity index (χ2v) is 9.50. The molecular formula is C22H29N5O3S. The lowest BCUT2D eigenvalue weighted by atomic mass is 10.2. The van der Waals surface area contributed by atoms with Crippen LogP contribution in [0.4, 0.5) is 11.5 Å². The molecule has 4 rings (SSSR count). The molecule has 0 saturated carbocycles. The van der Waals surface area contributed by atoms with E-state index in [4.69, 9.17) is 10.5 Å². The molecular weight excluding hydrogens is 414 g/mol. The van der Waals surface area contributed by atoms with Crippen LogP contribution in [0, 0.1) is 0 Å². The van der Waals surface area contributed by atoms with E-state index in [0.717, 1.165) is 31.6 Å². The lowest BCUT2D eigenvalue weighted by Crippen LogP contribution is -2.33. The van der Waals surface area contributed by atoms with E-state index in [1.165, 1.54) is 25.7 Å². The van der Waals surface area contributed by atoms with Crippen molar-refractivity contribution in [2.45, 2.75) is 32.7 Å². The van der Waals surface area contributed by atoms with Crippen molar-refractivity contribution in [2.24, 2.45) is 0 Å². The van der Waals surface area contributed by atoms with E-state index in [2.05, 4.69) is 40.9 Å². The van der Waals surface area contributed by atoms with Crippen molar-refractivity contribution in [3.8, 4) is 5.75 Å². The minimum atomic E-state index is -3.50. The maximum absolute atomic E-state index is 12.8. The molecule has 3 heterocycles. The summed E-state index contributed by atoms with van der Waals surface area (Å²) in [5.74, 6) is 1.18. The minimum absolute atomic E-state index is 0.313. The van der Waals surface area contributed by atoms with Crippen molar-refractivity contribution in [3.05, 3.63) is 48.8 Å². The predicted molar refractivity (Wildman–Crippen MR) is 123 cm³/mol. The number of nitrogens with zero attached hydrogens (tertiary/aromatic N) is 4. The van der Waals surface area contributed by atoms with Gasteiger partial charge in [0.25, 0.3) is 0 Å². The quantitative estimate of drug-likeness (QED) is 0.513. The fourth-order valence-corrected chi connectivity index (χ4v) is 5.60. The van der Waals surface area contributed by atoms with E-state index < -0.39 is 10.2 Å². The van der Waals surface area contributed by atoms with Gasteiger partial charge >= 0.3 is 10.2 Å². The van der Waals surface area contributed by atoms with Gasteiger partial charge in [0.05, 0.1) is 12.3 Å². The van der Waals surface area contributed by atoms with Gasteiger partial charge in [-0.3, -0.25) is 4.31 Å². The van der Waals surface area contributed by atoms with Gasteiger partial charge in [-0.1, -0.05) is 0 Å². The summed E-state index contributed by atoms with van der Waals surface area (Å²) in [6.07, 6.45) is 6.20. The number of rotatable bonds is 9. The molecule has 0 atom stereocenters. The zero-order valence-electron chi connectivity index (χ0n) is 17.8. The topological polar surface area (TPSA) is 93.7 Å². The van der Waals surface area contributed by atoms with Crippen LogP contribution in [-0.4, -0.2) is 48.5 Å². The van der Waals surface area contributed by atoms with Crippen molar-refractivity contribution >= 4 is 32.6 Å². The highest BCUT2D eigenvalue weighted by Crippen LogP contribution is 2.26. The highest BCUT2D eigenvalue weighted by Gasteiger charge is 2.36. The summed E-state index contributed by atoms with van der Waals surface area (Å²) in [6.45, 7) is 5.12. The Balaban J connectivity index is 1.21. The van der Waals surface area contributed by atoms with E-state index in [9.17, 15) is 8.42 Å². The minimum Gasteiger partial charge on any atom is -0.494 e. The van der Waals surface area contributed by atoms with Crippen LogP contribution >= 0.6 is 0 Å². The third-order valence-electron chi connectivity index (χ3n) is 5.61. The number of benzene rings is 1. The number of fused-ring (bicyclic) bond motifs is 1. The number of nitrogen functional groups attached to an aromatic ring is 1. The standard InChI is InChI=1S/C22H29N5O3S/c1-2-25-12-9-18-16-20(6-7-21(18)25)30-15-5-3-4-11-26-13-14-27(31(26,28)29)19-8-10-24-22(23)17-19/h6-10,12,16-17H,2-5,11,13-15H2,1H3,(H2,23,24). The van der Waals surface area contributed by atoms with Gasteiger partial charge in [0.2, 0.25) is 0 Å². The molecule has 1 fully saturated rings. The molecule has 3 aromatic rings. The van der Waals surface area contributed by atoms with Gasteiger partial charge < -0.3 is 15.0 Å². The number of pyridine rings is 1. The molecule has 1 aliphatic heterocycles. The lowest BCUT2D eigenvalue weighted by molar-refractivity contribution is 0.302. The number of hydrogen-bond acceptors (Lipinski definition) is 5. The van der Waals surface area contributed by atoms with Crippen LogP contribution in [0.25, 0.3) is 10.9 Å². The zero-order chi connectivity index (χ0) is 21.8. The third-order valence-corrected chi connectivity index (χ3v) is 7.58. The summed E-state index contributed by atoms with van der Waals surface area (Å²) in [4.78, 5) is 3.93. The Morgan fingerprint density at radius 2 is 1.97 bits per heavy atom. The zero-order valence-corrected chi connectivity index (χ0v) is 18.6. The number of aryl methyl sites for hydroxylation is 1. The van der Waals surface area contributed by atoms with Crippen molar-refractivity contribution in [1.82, 2.24) is 13.9 Å². The number of aromatic nitrogens is 2. The molecule has 9 heteroatoms. The number of ether oxygens (including phenoxy) is 1. The van der Waals surface area contributed by atoms with Gasteiger partial charge in [-0.05, 0) is 56.5 Å². The molecule has 0 radical (unpaired) electrons. The Morgan fingerprint density at radius 3 is 2.77 bits per heavy atom. The number of hydrogen-bond donors (Lipinski definition) is 1. The summed E-state index contributed by atoms with van der Waals surface area (Å²) in [5.41, 5.74) is 7.47. The van der Waals surface area contributed by atoms with Gasteiger partial charge in [-0.15, -0.1) is 0 Å². The normalized spacial score (nSPS) is 16.2. The SMILES string of the molecule is CCn1ccc2cc(OCCCCCN3CCN(c4ccnc(N)c4)S3(=O)=O)ccc21. The van der Waals surface area contributed by atoms with Gasteiger partial charge in [0.15, 0.2) is 0 Å². The summed E-state index contributed by atoms with van der Waals surface area (Å²) in [7, 11) is -3.50. The maximum Gasteiger partial charge on any atom is 0.304 e. The Morgan fingerprint density at radius 1 is 1.10 bits per heavy atom. The first kappa shape index (κ1) is 21.5. The van der Waals surface area contributed by atoms with E-state index in [0.29, 0.717) is 37.7 Å². The summed E-state index contributed by atoms with van der Waals surface area (Å²) in [6, 6.07) is 11.5. The lowest BCUT2D eigenvalue weighted by Gasteiger charge is -2.20. The monoisotopic (exact) mass is 443 g/mol. The van der Waals surface area contributed by atoms with Crippen LogP contribution in [-0.2, 0) is 16.8 Å². The molecule has 2 aromatic heterocycles. The molecule has 166 valence electrons. The molecule has 31 heavy (non-hydrogen) atoms. The average molecular weight is 444 g/mol. The Labute approximate surface area is 183 Å². The van der Waals surface area contributed by atoms with Crippen LogP contribution in [0.5, 0.6) is 5.75 Å². The van der Waals surface area contributed by atoms with Crippen LogP contribution in [0.3, 0.4) is 0 Å². The van der Waals surface area contributed by atoms with Crippen LogP contribution in [0.1, 0.15) is 26.2 Å². The molecule has 0 amide bonds. The summed E-state index contributed by atoms with van der Waals surface area (Å²) in [5, 5.41) is 1.18. The molecule has 1 aliphatic rings. The molecule has 1 saturated heterocycles. The van der Waals surface area contributed by atoms with Crippen molar-refractivity contribution in [3.63, 3.8) is 0 Å². The third kappa shape index (κ3) is 4.62. The maximum atomic E-state index is 12.8. The van der Waals surface area contributed by atoms with Crippen LogP contribution in [0.15, 0.2) is 48.8 Å².